The molecule has 1 aromatic heterocycles. The van der Waals surface area contributed by atoms with Gasteiger partial charge in [0, 0.05) is 18.5 Å². The Morgan fingerprint density at radius 3 is 2.58 bits per heavy atom. The Morgan fingerprint density at radius 1 is 1.42 bits per heavy atom. The average Bonchev–Trinajstić information content (AvgIpc) is 2.91. The second-order valence-electron chi connectivity index (χ2n) is 5.91. The van der Waals surface area contributed by atoms with E-state index in [1.54, 1.807) is 0 Å². The summed E-state index contributed by atoms with van der Waals surface area (Å²) in [5.41, 5.74) is 1.35. The molecule has 0 aromatic carbocycles. The third kappa shape index (κ3) is 3.18. The maximum atomic E-state index is 4.88. The third-order valence-electron chi connectivity index (χ3n) is 4.25. The molecule has 3 nitrogen and oxygen atoms in total. The highest BCUT2D eigenvalue weighted by molar-refractivity contribution is 7.09. The zero-order valence-corrected chi connectivity index (χ0v) is 13.5. The van der Waals surface area contributed by atoms with Gasteiger partial charge in [-0.2, -0.15) is 0 Å². The number of nitrogens with zero attached hydrogens (tertiary/aromatic N) is 2. The van der Waals surface area contributed by atoms with Crippen molar-refractivity contribution in [1.82, 2.24) is 15.2 Å². The maximum Gasteiger partial charge on any atom is 0.113 e. The van der Waals surface area contributed by atoms with E-state index in [1.807, 2.05) is 11.3 Å². The predicted molar refractivity (Wildman–Crippen MR) is 82.9 cm³/mol. The lowest BCUT2D eigenvalue weighted by atomic mass is 9.88. The molecule has 1 aliphatic heterocycles. The van der Waals surface area contributed by atoms with E-state index >= 15 is 0 Å². The Kier molecular flexibility index (Phi) is 4.98. The molecule has 1 aromatic rings. The third-order valence-corrected chi connectivity index (χ3v) is 5.32. The van der Waals surface area contributed by atoms with Gasteiger partial charge in [-0.3, -0.25) is 0 Å². The Labute approximate surface area is 121 Å². The van der Waals surface area contributed by atoms with Crippen molar-refractivity contribution in [2.45, 2.75) is 51.5 Å². The number of rotatable bonds is 5. The Bertz CT molecular complexity index is 392. The lowest BCUT2D eigenvalue weighted by Gasteiger charge is -2.40. The molecule has 2 rings (SSSR count). The number of nitrogens with one attached hydrogen (secondary N) is 1. The van der Waals surface area contributed by atoms with Gasteiger partial charge in [0.25, 0.3) is 0 Å². The summed E-state index contributed by atoms with van der Waals surface area (Å²) in [6.45, 7) is 10.3. The van der Waals surface area contributed by atoms with Crippen LogP contribution in [0.4, 0.5) is 0 Å². The summed E-state index contributed by atoms with van der Waals surface area (Å²) in [5.74, 6) is 0.527. The normalized spacial score (nSPS) is 20.1. The number of thiazole rings is 1. The summed E-state index contributed by atoms with van der Waals surface area (Å²) in [6.07, 6.45) is 3.60. The van der Waals surface area contributed by atoms with Crippen molar-refractivity contribution in [2.75, 3.05) is 26.7 Å². The maximum absolute atomic E-state index is 4.88. The van der Waals surface area contributed by atoms with Crippen LogP contribution in [0.25, 0.3) is 0 Å². The van der Waals surface area contributed by atoms with Gasteiger partial charge in [0.15, 0.2) is 0 Å². The minimum Gasteiger partial charge on any atom is -0.308 e. The van der Waals surface area contributed by atoms with Crippen LogP contribution in [0.5, 0.6) is 0 Å². The molecular weight excluding hydrogens is 254 g/mol. The van der Waals surface area contributed by atoms with Crippen LogP contribution < -0.4 is 5.32 Å². The number of aromatic nitrogens is 1. The van der Waals surface area contributed by atoms with Crippen molar-refractivity contribution in [3.8, 4) is 0 Å². The Balaban J connectivity index is 2.10. The van der Waals surface area contributed by atoms with Gasteiger partial charge < -0.3 is 10.2 Å². The number of hydrogen-bond donors (Lipinski definition) is 1. The van der Waals surface area contributed by atoms with Crippen LogP contribution in [0.15, 0.2) is 5.38 Å². The van der Waals surface area contributed by atoms with Gasteiger partial charge in [-0.05, 0) is 38.8 Å². The molecule has 1 N–H and O–H groups in total. The van der Waals surface area contributed by atoms with E-state index in [0.717, 1.165) is 0 Å². The van der Waals surface area contributed by atoms with Crippen LogP contribution in [-0.4, -0.2) is 36.6 Å². The molecule has 108 valence electrons. The average molecular weight is 281 g/mol. The number of hydrogen-bond acceptors (Lipinski definition) is 4. The lowest BCUT2D eigenvalue weighted by molar-refractivity contribution is 0.140. The van der Waals surface area contributed by atoms with Gasteiger partial charge >= 0.3 is 0 Å². The zero-order valence-electron chi connectivity index (χ0n) is 12.7. The van der Waals surface area contributed by atoms with Gasteiger partial charge in [0.05, 0.1) is 11.2 Å². The van der Waals surface area contributed by atoms with Crippen molar-refractivity contribution in [2.24, 2.45) is 0 Å². The molecule has 1 fully saturated rings. The number of piperidine rings is 1. The van der Waals surface area contributed by atoms with E-state index in [2.05, 4.69) is 43.4 Å². The zero-order chi connectivity index (χ0) is 13.9. The molecule has 2 heterocycles. The van der Waals surface area contributed by atoms with Gasteiger partial charge in [-0.25, -0.2) is 4.98 Å². The van der Waals surface area contributed by atoms with E-state index in [9.17, 15) is 0 Å². The van der Waals surface area contributed by atoms with Crippen LogP contribution in [0.2, 0.25) is 0 Å². The van der Waals surface area contributed by atoms with Crippen LogP contribution in [-0.2, 0) is 5.54 Å². The fourth-order valence-electron chi connectivity index (χ4n) is 2.82. The van der Waals surface area contributed by atoms with Gasteiger partial charge in [-0.15, -0.1) is 11.3 Å². The van der Waals surface area contributed by atoms with Crippen molar-refractivity contribution in [3.05, 3.63) is 16.1 Å². The molecule has 4 heteroatoms. The lowest BCUT2D eigenvalue weighted by Crippen LogP contribution is -2.49. The van der Waals surface area contributed by atoms with Crippen molar-refractivity contribution < 1.29 is 0 Å². The summed E-state index contributed by atoms with van der Waals surface area (Å²) in [4.78, 5) is 7.46. The first-order valence-corrected chi connectivity index (χ1v) is 8.36. The molecule has 0 spiro atoms. The fourth-order valence-corrected chi connectivity index (χ4v) is 4.06. The summed E-state index contributed by atoms with van der Waals surface area (Å²) >= 11 is 1.83. The van der Waals surface area contributed by atoms with Crippen LogP contribution in [0.3, 0.4) is 0 Å². The van der Waals surface area contributed by atoms with E-state index in [1.165, 1.54) is 49.6 Å². The molecule has 1 aliphatic rings. The molecule has 1 saturated heterocycles. The smallest absolute Gasteiger partial charge is 0.113 e. The standard InChI is InChI=1S/C15H27N3S/c1-5-8-18-9-6-15(16-4,7-10-18)14-17-13(11-19-14)12(2)3/h11-12,16H,5-10H2,1-4H3. The first-order chi connectivity index (χ1) is 9.11. The quantitative estimate of drug-likeness (QED) is 0.898. The van der Waals surface area contributed by atoms with Crippen LogP contribution >= 0.6 is 11.3 Å². The van der Waals surface area contributed by atoms with Crippen molar-refractivity contribution in [3.63, 3.8) is 0 Å². The second kappa shape index (κ2) is 6.33. The SMILES string of the molecule is CCCN1CCC(NC)(c2nc(C(C)C)cs2)CC1. The second-order valence-corrected chi connectivity index (χ2v) is 6.76. The monoisotopic (exact) mass is 281 g/mol. The highest BCUT2D eigenvalue weighted by Gasteiger charge is 2.37. The topological polar surface area (TPSA) is 28.2 Å². The molecule has 19 heavy (non-hydrogen) atoms. The highest BCUT2D eigenvalue weighted by Crippen LogP contribution is 2.35. The number of likely N-dealkylation sites (tertiary alicyclic amines) is 1. The molecule has 0 atom stereocenters. The summed E-state index contributed by atoms with van der Waals surface area (Å²) in [6, 6.07) is 0. The van der Waals surface area contributed by atoms with Gasteiger partial charge in [0.1, 0.15) is 5.01 Å². The first-order valence-electron chi connectivity index (χ1n) is 7.48. The Morgan fingerprint density at radius 2 is 2.11 bits per heavy atom. The largest absolute Gasteiger partial charge is 0.308 e. The van der Waals surface area contributed by atoms with E-state index < -0.39 is 0 Å². The van der Waals surface area contributed by atoms with Gasteiger partial charge in [-0.1, -0.05) is 20.8 Å². The predicted octanol–water partition coefficient (Wildman–Crippen LogP) is 3.19. The minimum atomic E-state index is 0.113. The highest BCUT2D eigenvalue weighted by atomic mass is 32.1. The summed E-state index contributed by atoms with van der Waals surface area (Å²) < 4.78 is 0. The van der Waals surface area contributed by atoms with Gasteiger partial charge in [0.2, 0.25) is 0 Å². The molecule has 0 unspecified atom stereocenters. The van der Waals surface area contributed by atoms with E-state index in [4.69, 9.17) is 4.98 Å². The molecule has 0 bridgehead atoms. The van der Waals surface area contributed by atoms with Crippen LogP contribution in [0.1, 0.15) is 56.7 Å². The molecular formula is C15H27N3S. The van der Waals surface area contributed by atoms with Crippen LogP contribution in [0, 0.1) is 0 Å². The van der Waals surface area contributed by atoms with E-state index in [-0.39, 0.29) is 5.54 Å². The first kappa shape index (κ1) is 14.9. The molecule has 0 amide bonds. The molecule has 0 radical (unpaired) electrons. The fraction of sp³-hybridized carbons (Fsp3) is 0.800. The summed E-state index contributed by atoms with van der Waals surface area (Å²) in [5, 5.41) is 7.09. The molecule has 0 aliphatic carbocycles. The van der Waals surface area contributed by atoms with Crippen molar-refractivity contribution >= 4 is 11.3 Å². The summed E-state index contributed by atoms with van der Waals surface area (Å²) in [7, 11) is 2.09. The molecule has 0 saturated carbocycles. The Hall–Kier alpha value is -0.450. The minimum absolute atomic E-state index is 0.113. The van der Waals surface area contributed by atoms with Crippen molar-refractivity contribution in [1.29, 1.82) is 0 Å². The van der Waals surface area contributed by atoms with E-state index in [0.29, 0.717) is 5.92 Å².